The number of ether oxygens (including phenoxy) is 1. The van der Waals surface area contributed by atoms with Crippen molar-refractivity contribution in [1.29, 1.82) is 0 Å². The van der Waals surface area contributed by atoms with Gasteiger partial charge in [-0.1, -0.05) is 0 Å². The molecule has 1 atom stereocenters. The first-order chi connectivity index (χ1) is 6.79. The van der Waals surface area contributed by atoms with Crippen LogP contribution in [0.2, 0.25) is 0 Å². The number of anilines is 2. The Kier molecular flexibility index (Phi) is 2.92. The highest BCUT2D eigenvalue weighted by Crippen LogP contribution is 2.28. The maximum absolute atomic E-state index is 12.4. The highest BCUT2D eigenvalue weighted by Gasteiger charge is 2.42. The van der Waals surface area contributed by atoms with Gasteiger partial charge in [-0.3, -0.25) is 0 Å². The van der Waals surface area contributed by atoms with Crippen molar-refractivity contribution in [2.75, 3.05) is 11.5 Å². The molecule has 0 aliphatic carbocycles. The summed E-state index contributed by atoms with van der Waals surface area (Å²) < 4.78 is 51.7. The number of hydrogen-bond acceptors (Lipinski definition) is 3. The van der Waals surface area contributed by atoms with Crippen molar-refractivity contribution >= 4 is 11.4 Å². The lowest BCUT2D eigenvalue weighted by Gasteiger charge is -2.14. The van der Waals surface area contributed by atoms with Crippen LogP contribution in [0.4, 0.5) is 28.9 Å². The number of halogens is 4. The monoisotopic (exact) mass is 224 g/mol. The summed E-state index contributed by atoms with van der Waals surface area (Å²) >= 11 is 0. The maximum Gasteiger partial charge on any atom is 0.457 e. The zero-order chi connectivity index (χ0) is 11.6. The first kappa shape index (κ1) is 11.4. The van der Waals surface area contributed by atoms with E-state index < -0.39 is 12.5 Å². The van der Waals surface area contributed by atoms with Gasteiger partial charge in [0, 0.05) is 23.5 Å². The molecule has 0 spiro atoms. The zero-order valence-corrected chi connectivity index (χ0v) is 7.38. The van der Waals surface area contributed by atoms with Gasteiger partial charge >= 0.3 is 12.5 Å². The van der Waals surface area contributed by atoms with Crippen LogP contribution in [0.15, 0.2) is 18.2 Å². The minimum Gasteiger partial charge on any atom is -0.452 e. The van der Waals surface area contributed by atoms with Gasteiger partial charge in [-0.05, 0) is 6.07 Å². The molecule has 1 aromatic carbocycles. The smallest absolute Gasteiger partial charge is 0.452 e. The minimum atomic E-state index is -5.07. The van der Waals surface area contributed by atoms with E-state index in [1.54, 1.807) is 0 Å². The second-order valence-electron chi connectivity index (χ2n) is 2.81. The average molecular weight is 224 g/mol. The van der Waals surface area contributed by atoms with Gasteiger partial charge in [-0.15, -0.1) is 0 Å². The van der Waals surface area contributed by atoms with Crippen molar-refractivity contribution in [2.24, 2.45) is 0 Å². The number of benzene rings is 1. The van der Waals surface area contributed by atoms with E-state index in [1.165, 1.54) is 6.07 Å². The second-order valence-corrected chi connectivity index (χ2v) is 2.81. The third-order valence-corrected chi connectivity index (χ3v) is 1.45. The fourth-order valence-corrected chi connectivity index (χ4v) is 0.900. The van der Waals surface area contributed by atoms with Crippen LogP contribution in [-0.2, 0) is 0 Å². The number of nitrogen functional groups attached to an aromatic ring is 2. The quantitative estimate of drug-likeness (QED) is 0.597. The van der Waals surface area contributed by atoms with Gasteiger partial charge in [-0.2, -0.15) is 17.6 Å². The molecule has 0 saturated carbocycles. The molecule has 0 bridgehead atoms. The lowest BCUT2D eigenvalue weighted by atomic mass is 10.2. The second kappa shape index (κ2) is 3.84. The Labute approximate surface area is 82.6 Å². The summed E-state index contributed by atoms with van der Waals surface area (Å²) in [6.07, 6.45) is -8.46. The Hall–Kier alpha value is -1.66. The number of rotatable bonds is 2. The molecule has 0 amide bonds. The van der Waals surface area contributed by atoms with Gasteiger partial charge in [0.1, 0.15) is 5.75 Å². The summed E-state index contributed by atoms with van der Waals surface area (Å²) in [5.41, 5.74) is 10.8. The lowest BCUT2D eigenvalue weighted by Crippen LogP contribution is -2.29. The Balaban J connectivity index is 2.81. The molecule has 1 aromatic rings. The van der Waals surface area contributed by atoms with Crippen molar-refractivity contribution in [3.05, 3.63) is 18.2 Å². The molecule has 3 nitrogen and oxygen atoms in total. The van der Waals surface area contributed by atoms with E-state index in [0.29, 0.717) is 0 Å². The molecule has 15 heavy (non-hydrogen) atoms. The minimum absolute atomic E-state index is 0.0966. The first-order valence-corrected chi connectivity index (χ1v) is 3.82. The van der Waals surface area contributed by atoms with E-state index in [1.807, 2.05) is 0 Å². The van der Waals surface area contributed by atoms with Crippen LogP contribution in [0.5, 0.6) is 5.75 Å². The van der Waals surface area contributed by atoms with Gasteiger partial charge < -0.3 is 16.2 Å². The summed E-state index contributed by atoms with van der Waals surface area (Å²) in [5, 5.41) is 0. The van der Waals surface area contributed by atoms with Crippen molar-refractivity contribution in [2.45, 2.75) is 12.5 Å². The molecule has 0 aliphatic heterocycles. The Morgan fingerprint density at radius 1 is 1.07 bits per heavy atom. The van der Waals surface area contributed by atoms with Gasteiger partial charge in [0.2, 0.25) is 0 Å². The fourth-order valence-electron chi connectivity index (χ4n) is 0.900. The van der Waals surface area contributed by atoms with Gasteiger partial charge in [-0.25, -0.2) is 0 Å². The summed E-state index contributed by atoms with van der Waals surface area (Å²) in [6, 6.07) is 3.41. The zero-order valence-electron chi connectivity index (χ0n) is 7.38. The Morgan fingerprint density at radius 2 is 1.53 bits per heavy atom. The van der Waals surface area contributed by atoms with Gasteiger partial charge in [0.05, 0.1) is 0 Å². The summed E-state index contributed by atoms with van der Waals surface area (Å²) in [5.74, 6) is -0.364. The Morgan fingerprint density at radius 3 is 1.93 bits per heavy atom. The van der Waals surface area contributed by atoms with E-state index in [9.17, 15) is 17.6 Å². The number of alkyl halides is 4. The van der Waals surface area contributed by atoms with Crippen LogP contribution in [0.25, 0.3) is 0 Å². The van der Waals surface area contributed by atoms with E-state index in [-0.39, 0.29) is 17.1 Å². The van der Waals surface area contributed by atoms with Crippen LogP contribution < -0.4 is 16.2 Å². The summed E-state index contributed by atoms with van der Waals surface area (Å²) in [6.45, 7) is 0. The largest absolute Gasteiger partial charge is 0.457 e. The molecular formula is C8H8F4N2O. The molecule has 84 valence electrons. The van der Waals surface area contributed by atoms with Crippen molar-refractivity contribution in [3.63, 3.8) is 0 Å². The van der Waals surface area contributed by atoms with E-state index in [4.69, 9.17) is 11.5 Å². The maximum atomic E-state index is 12.4. The van der Waals surface area contributed by atoms with Crippen molar-refractivity contribution in [3.8, 4) is 5.75 Å². The van der Waals surface area contributed by atoms with Crippen molar-refractivity contribution < 1.29 is 22.3 Å². The van der Waals surface area contributed by atoms with Gasteiger partial charge in [0.15, 0.2) is 0 Å². The molecule has 0 fully saturated rings. The predicted octanol–water partition coefficient (Wildman–Crippen LogP) is 2.09. The summed E-state index contributed by atoms with van der Waals surface area (Å²) in [7, 11) is 0. The average Bonchev–Trinajstić information content (AvgIpc) is 1.99. The Bertz CT molecular complexity index is 333. The molecule has 0 aliphatic rings. The van der Waals surface area contributed by atoms with Crippen LogP contribution in [0.3, 0.4) is 0 Å². The molecule has 4 N–H and O–H groups in total. The standard InChI is InChI=1S/C8H8F4N2O/c9-7(8(10,11)12)15-6-2-4(13)1-5(14)3-6/h1-3,7H,13-14H2. The van der Waals surface area contributed by atoms with Crippen LogP contribution >= 0.6 is 0 Å². The first-order valence-electron chi connectivity index (χ1n) is 3.82. The van der Waals surface area contributed by atoms with Crippen molar-refractivity contribution in [1.82, 2.24) is 0 Å². The van der Waals surface area contributed by atoms with Crippen LogP contribution in [-0.4, -0.2) is 12.5 Å². The third kappa shape index (κ3) is 3.19. The van der Waals surface area contributed by atoms with E-state index >= 15 is 0 Å². The van der Waals surface area contributed by atoms with Crippen LogP contribution in [0.1, 0.15) is 0 Å². The fraction of sp³-hybridized carbons (Fsp3) is 0.250. The third-order valence-electron chi connectivity index (χ3n) is 1.45. The van der Waals surface area contributed by atoms with E-state index in [2.05, 4.69) is 4.74 Å². The summed E-state index contributed by atoms with van der Waals surface area (Å²) in [4.78, 5) is 0. The highest BCUT2D eigenvalue weighted by molar-refractivity contribution is 5.56. The van der Waals surface area contributed by atoms with E-state index in [0.717, 1.165) is 12.1 Å². The molecule has 1 rings (SSSR count). The SMILES string of the molecule is Nc1cc(N)cc(OC(F)C(F)(F)F)c1. The molecule has 1 unspecified atom stereocenters. The lowest BCUT2D eigenvalue weighted by molar-refractivity contribution is -0.236. The topological polar surface area (TPSA) is 61.3 Å². The molecule has 0 heterocycles. The molecule has 0 saturated heterocycles. The molecule has 7 heteroatoms. The molecule has 0 aromatic heterocycles. The van der Waals surface area contributed by atoms with Gasteiger partial charge in [0.25, 0.3) is 0 Å². The predicted molar refractivity (Wildman–Crippen MR) is 46.8 cm³/mol. The number of hydrogen-bond donors (Lipinski definition) is 2. The highest BCUT2D eigenvalue weighted by atomic mass is 19.4. The van der Waals surface area contributed by atoms with Crippen LogP contribution in [0, 0.1) is 0 Å². The normalized spacial score (nSPS) is 13.6. The molecular weight excluding hydrogens is 216 g/mol. The molecule has 0 radical (unpaired) electrons. The number of nitrogens with two attached hydrogens (primary N) is 2.